The molecule has 0 aliphatic carbocycles. The van der Waals surface area contributed by atoms with Crippen LogP contribution in [0.3, 0.4) is 0 Å². The molecule has 27 heavy (non-hydrogen) atoms. The molecule has 10 nitrogen and oxygen atoms in total. The number of hydrogen-bond donors (Lipinski definition) is 3. The standard InChI is InChI=1S/C15H22N4O6S.ClH/c1-25-15(6-8-16-9-7-15)14(20)17-10-11-18-26(23,24)13-5-3-2-4-12(13)19(21)22;/h2-5,16,18H,6-11H2,1H3,(H,17,20);1H. The molecule has 1 fully saturated rings. The van der Waals surface area contributed by atoms with Crippen LogP contribution in [-0.2, 0) is 19.6 Å². The Bertz CT molecular complexity index is 767. The van der Waals surface area contributed by atoms with Gasteiger partial charge in [0.15, 0.2) is 4.90 Å². The van der Waals surface area contributed by atoms with E-state index in [4.69, 9.17) is 4.74 Å². The second-order valence-corrected chi connectivity index (χ2v) is 7.56. The van der Waals surface area contributed by atoms with Crippen molar-refractivity contribution in [2.24, 2.45) is 0 Å². The van der Waals surface area contributed by atoms with Crippen LogP contribution in [0.5, 0.6) is 0 Å². The van der Waals surface area contributed by atoms with E-state index in [0.717, 1.165) is 12.1 Å². The molecule has 152 valence electrons. The van der Waals surface area contributed by atoms with E-state index < -0.39 is 31.1 Å². The Hall–Kier alpha value is -1.79. The maximum Gasteiger partial charge on any atom is 0.289 e. The van der Waals surface area contributed by atoms with Crippen molar-refractivity contribution in [3.63, 3.8) is 0 Å². The molecular formula is C15H23ClN4O6S. The summed E-state index contributed by atoms with van der Waals surface area (Å²) < 4.78 is 32.2. The number of nitrogens with zero attached hydrogens (tertiary/aromatic N) is 1. The van der Waals surface area contributed by atoms with Gasteiger partial charge in [-0.25, -0.2) is 13.1 Å². The first-order valence-electron chi connectivity index (χ1n) is 8.10. The molecular weight excluding hydrogens is 400 g/mol. The highest BCUT2D eigenvalue weighted by Gasteiger charge is 2.39. The summed E-state index contributed by atoms with van der Waals surface area (Å²) >= 11 is 0. The summed E-state index contributed by atoms with van der Waals surface area (Å²) in [6, 6.07) is 5.08. The minimum atomic E-state index is -4.06. The van der Waals surface area contributed by atoms with Gasteiger partial charge >= 0.3 is 0 Å². The second-order valence-electron chi connectivity index (χ2n) is 5.83. The number of amides is 1. The van der Waals surface area contributed by atoms with E-state index in [-0.39, 0.29) is 31.4 Å². The van der Waals surface area contributed by atoms with Crippen LogP contribution in [0.1, 0.15) is 12.8 Å². The van der Waals surface area contributed by atoms with Crippen molar-refractivity contribution < 1.29 is 22.9 Å². The molecule has 0 atom stereocenters. The van der Waals surface area contributed by atoms with Gasteiger partial charge in [0.1, 0.15) is 5.60 Å². The number of para-hydroxylation sites is 1. The number of piperidine rings is 1. The van der Waals surface area contributed by atoms with Crippen molar-refractivity contribution in [3.05, 3.63) is 34.4 Å². The van der Waals surface area contributed by atoms with Crippen molar-refractivity contribution in [2.45, 2.75) is 23.3 Å². The number of rotatable bonds is 8. The van der Waals surface area contributed by atoms with E-state index in [1.165, 1.54) is 19.2 Å². The number of carbonyl (C=O) groups excluding carboxylic acids is 1. The fraction of sp³-hybridized carbons (Fsp3) is 0.533. The van der Waals surface area contributed by atoms with Crippen LogP contribution in [0.2, 0.25) is 0 Å². The summed E-state index contributed by atoms with van der Waals surface area (Å²) in [5.74, 6) is -0.300. The number of halogens is 1. The Labute approximate surface area is 163 Å². The molecule has 2 rings (SSSR count). The summed E-state index contributed by atoms with van der Waals surface area (Å²) in [7, 11) is -2.59. The Balaban J connectivity index is 0.00000364. The molecule has 1 saturated heterocycles. The number of nitrogens with one attached hydrogen (secondary N) is 3. The molecule has 12 heteroatoms. The predicted molar refractivity (Wildman–Crippen MR) is 100 cm³/mol. The average Bonchev–Trinajstić information content (AvgIpc) is 2.65. The molecule has 1 aliphatic rings. The molecule has 0 spiro atoms. The van der Waals surface area contributed by atoms with Gasteiger partial charge in [-0.15, -0.1) is 12.4 Å². The summed E-state index contributed by atoms with van der Waals surface area (Å²) in [4.78, 5) is 22.2. The van der Waals surface area contributed by atoms with Gasteiger partial charge in [0.25, 0.3) is 11.6 Å². The van der Waals surface area contributed by atoms with Gasteiger partial charge in [-0.05, 0) is 32.0 Å². The Kier molecular flexibility index (Phi) is 8.57. The lowest BCUT2D eigenvalue weighted by molar-refractivity contribution is -0.387. The lowest BCUT2D eigenvalue weighted by Gasteiger charge is -2.34. The highest BCUT2D eigenvalue weighted by Crippen LogP contribution is 2.23. The number of ether oxygens (including phenoxy) is 1. The normalized spacial score (nSPS) is 16.2. The van der Waals surface area contributed by atoms with Crippen molar-refractivity contribution in [1.29, 1.82) is 0 Å². The van der Waals surface area contributed by atoms with Crippen LogP contribution < -0.4 is 15.4 Å². The second kappa shape index (κ2) is 9.95. The van der Waals surface area contributed by atoms with Gasteiger partial charge in [-0.2, -0.15) is 0 Å². The molecule has 1 aliphatic heterocycles. The molecule has 0 radical (unpaired) electrons. The summed E-state index contributed by atoms with van der Waals surface area (Å²) in [6.45, 7) is 1.26. The zero-order valence-electron chi connectivity index (χ0n) is 14.8. The number of hydrogen-bond acceptors (Lipinski definition) is 7. The van der Waals surface area contributed by atoms with Gasteiger partial charge < -0.3 is 15.4 Å². The van der Waals surface area contributed by atoms with E-state index in [0.29, 0.717) is 25.9 Å². The fourth-order valence-corrected chi connectivity index (χ4v) is 3.99. The number of nitro benzene ring substituents is 1. The van der Waals surface area contributed by atoms with Gasteiger partial charge in [0.2, 0.25) is 10.0 Å². The fourth-order valence-electron chi connectivity index (χ4n) is 2.79. The first-order valence-corrected chi connectivity index (χ1v) is 9.58. The van der Waals surface area contributed by atoms with Crippen LogP contribution in [0.4, 0.5) is 5.69 Å². The number of carbonyl (C=O) groups is 1. The molecule has 1 amide bonds. The maximum absolute atomic E-state index is 12.4. The highest BCUT2D eigenvalue weighted by molar-refractivity contribution is 7.89. The van der Waals surface area contributed by atoms with Crippen LogP contribution >= 0.6 is 12.4 Å². The maximum atomic E-state index is 12.4. The predicted octanol–water partition coefficient (Wildman–Crippen LogP) is 0.180. The lowest BCUT2D eigenvalue weighted by Crippen LogP contribution is -2.54. The van der Waals surface area contributed by atoms with Gasteiger partial charge in [0, 0.05) is 26.3 Å². The zero-order chi connectivity index (χ0) is 19.2. The van der Waals surface area contributed by atoms with Gasteiger partial charge in [-0.1, -0.05) is 12.1 Å². The molecule has 0 bridgehead atoms. The van der Waals surface area contributed by atoms with Crippen LogP contribution in [-0.4, -0.2) is 58.1 Å². The number of methoxy groups -OCH3 is 1. The minimum Gasteiger partial charge on any atom is -0.368 e. The van der Waals surface area contributed by atoms with E-state index >= 15 is 0 Å². The molecule has 0 saturated carbocycles. The average molecular weight is 423 g/mol. The van der Waals surface area contributed by atoms with Crippen molar-refractivity contribution in [1.82, 2.24) is 15.4 Å². The molecule has 1 heterocycles. The quantitative estimate of drug-likeness (QED) is 0.308. The van der Waals surface area contributed by atoms with E-state index in [2.05, 4.69) is 15.4 Å². The monoisotopic (exact) mass is 422 g/mol. The molecule has 1 aromatic carbocycles. The zero-order valence-corrected chi connectivity index (χ0v) is 16.4. The lowest BCUT2D eigenvalue weighted by atomic mass is 9.91. The Morgan fingerprint density at radius 1 is 1.30 bits per heavy atom. The molecule has 1 aromatic rings. The van der Waals surface area contributed by atoms with Crippen molar-refractivity contribution in [3.8, 4) is 0 Å². The Morgan fingerprint density at radius 2 is 1.93 bits per heavy atom. The van der Waals surface area contributed by atoms with E-state index in [1.54, 1.807) is 0 Å². The minimum absolute atomic E-state index is 0. The van der Waals surface area contributed by atoms with Crippen LogP contribution in [0, 0.1) is 10.1 Å². The smallest absolute Gasteiger partial charge is 0.289 e. The largest absolute Gasteiger partial charge is 0.368 e. The summed E-state index contributed by atoms with van der Waals surface area (Å²) in [6.07, 6.45) is 1.05. The molecule has 0 aromatic heterocycles. The third-order valence-corrected chi connectivity index (χ3v) is 5.78. The first kappa shape index (κ1) is 23.2. The van der Waals surface area contributed by atoms with Crippen LogP contribution in [0.15, 0.2) is 29.2 Å². The van der Waals surface area contributed by atoms with Crippen molar-refractivity contribution in [2.75, 3.05) is 33.3 Å². The SMILES string of the molecule is COC1(C(=O)NCCNS(=O)(=O)c2ccccc2[N+](=O)[O-])CCNCC1.Cl. The topological polar surface area (TPSA) is 140 Å². The highest BCUT2D eigenvalue weighted by atomic mass is 35.5. The molecule has 0 unspecified atom stereocenters. The van der Waals surface area contributed by atoms with E-state index in [9.17, 15) is 23.3 Å². The first-order chi connectivity index (χ1) is 12.3. The van der Waals surface area contributed by atoms with Gasteiger partial charge in [0.05, 0.1) is 4.92 Å². The number of sulfonamides is 1. The Morgan fingerprint density at radius 3 is 2.52 bits per heavy atom. The number of nitro groups is 1. The van der Waals surface area contributed by atoms with E-state index in [1.807, 2.05) is 0 Å². The number of benzene rings is 1. The summed E-state index contributed by atoms with van der Waals surface area (Å²) in [5.41, 5.74) is -1.42. The van der Waals surface area contributed by atoms with Gasteiger partial charge in [-0.3, -0.25) is 14.9 Å². The van der Waals surface area contributed by atoms with Crippen molar-refractivity contribution >= 4 is 34.0 Å². The third kappa shape index (κ3) is 5.59. The summed E-state index contributed by atoms with van der Waals surface area (Å²) in [5, 5.41) is 16.8. The third-order valence-electron chi connectivity index (χ3n) is 4.27. The molecule has 3 N–H and O–H groups in total. The van der Waals surface area contributed by atoms with Crippen LogP contribution in [0.25, 0.3) is 0 Å².